The smallest absolute Gasteiger partial charge is 0.191 e. The van der Waals surface area contributed by atoms with Gasteiger partial charge in [-0.1, -0.05) is 15.9 Å². The highest BCUT2D eigenvalue weighted by Crippen LogP contribution is 2.16. The van der Waals surface area contributed by atoms with Crippen molar-refractivity contribution in [2.45, 2.75) is 33.9 Å². The van der Waals surface area contributed by atoms with E-state index in [0.717, 1.165) is 27.3 Å². The van der Waals surface area contributed by atoms with Crippen LogP contribution < -0.4 is 10.6 Å². The van der Waals surface area contributed by atoms with Gasteiger partial charge in [0, 0.05) is 15.9 Å². The summed E-state index contributed by atoms with van der Waals surface area (Å²) in [4.78, 5) is 10.2. The van der Waals surface area contributed by atoms with Crippen LogP contribution in [0.1, 0.15) is 28.1 Å². The molecular weight excluding hydrogens is 379 g/mol. The van der Waals surface area contributed by atoms with E-state index in [1.165, 1.54) is 17.0 Å². The molecule has 0 saturated carbocycles. The van der Waals surface area contributed by atoms with E-state index in [4.69, 9.17) is 0 Å². The first-order valence-corrected chi connectivity index (χ1v) is 8.99. The van der Waals surface area contributed by atoms with Gasteiger partial charge in [0.1, 0.15) is 10.8 Å². The average molecular weight is 399 g/mol. The molecule has 0 atom stereocenters. The van der Waals surface area contributed by atoms with E-state index in [0.29, 0.717) is 19.0 Å². The molecule has 7 heteroatoms. The summed E-state index contributed by atoms with van der Waals surface area (Å²) in [6, 6.07) is 4.79. The third-order valence-electron chi connectivity index (χ3n) is 3.17. The van der Waals surface area contributed by atoms with Crippen LogP contribution in [0.4, 0.5) is 4.39 Å². The van der Waals surface area contributed by atoms with Crippen LogP contribution in [-0.4, -0.2) is 17.5 Å². The van der Waals surface area contributed by atoms with Crippen molar-refractivity contribution in [2.75, 3.05) is 6.54 Å². The summed E-state index contributed by atoms with van der Waals surface area (Å²) in [7, 11) is 0. The van der Waals surface area contributed by atoms with Gasteiger partial charge < -0.3 is 10.6 Å². The SMILES string of the molecule is CCNC(=NCc1cc(F)cc(Br)c1)NCc1nc(C)c(C)s1. The number of hydrogen-bond acceptors (Lipinski definition) is 3. The van der Waals surface area contributed by atoms with Gasteiger partial charge in [-0.2, -0.15) is 0 Å². The Bertz CT molecular complexity index is 660. The zero-order valence-electron chi connectivity index (χ0n) is 13.4. The Balaban J connectivity index is 2.01. The number of aliphatic imine (C=N–C) groups is 1. The van der Waals surface area contributed by atoms with Gasteiger partial charge in [0.05, 0.1) is 18.8 Å². The Morgan fingerprint density at radius 3 is 2.70 bits per heavy atom. The summed E-state index contributed by atoms with van der Waals surface area (Å²) in [5.74, 6) is 0.426. The Morgan fingerprint density at radius 1 is 1.30 bits per heavy atom. The maximum absolute atomic E-state index is 13.4. The first kappa shape index (κ1) is 17.9. The molecule has 2 aromatic rings. The van der Waals surface area contributed by atoms with Crippen LogP contribution in [0, 0.1) is 19.7 Å². The molecule has 0 amide bonds. The van der Waals surface area contributed by atoms with Gasteiger partial charge in [0.15, 0.2) is 5.96 Å². The molecule has 0 radical (unpaired) electrons. The molecule has 0 aliphatic carbocycles. The molecular formula is C16H20BrFN4S. The minimum absolute atomic E-state index is 0.267. The fourth-order valence-electron chi connectivity index (χ4n) is 1.99. The molecule has 124 valence electrons. The fourth-order valence-corrected chi connectivity index (χ4v) is 3.37. The van der Waals surface area contributed by atoms with Crippen molar-refractivity contribution >= 4 is 33.2 Å². The number of aromatic nitrogens is 1. The number of nitrogens with one attached hydrogen (secondary N) is 2. The third-order valence-corrected chi connectivity index (χ3v) is 4.70. The lowest BCUT2D eigenvalue weighted by atomic mass is 10.2. The molecule has 2 N–H and O–H groups in total. The second-order valence-electron chi connectivity index (χ2n) is 5.08. The minimum atomic E-state index is -0.267. The lowest BCUT2D eigenvalue weighted by molar-refractivity contribution is 0.624. The summed E-state index contributed by atoms with van der Waals surface area (Å²) in [6.45, 7) is 7.87. The van der Waals surface area contributed by atoms with E-state index >= 15 is 0 Å². The van der Waals surface area contributed by atoms with Crippen LogP contribution >= 0.6 is 27.3 Å². The first-order valence-electron chi connectivity index (χ1n) is 7.38. The molecule has 0 saturated heterocycles. The lowest BCUT2D eigenvalue weighted by Gasteiger charge is -2.10. The molecule has 0 unspecified atom stereocenters. The van der Waals surface area contributed by atoms with Crippen LogP contribution in [-0.2, 0) is 13.1 Å². The molecule has 1 aromatic carbocycles. The number of guanidine groups is 1. The largest absolute Gasteiger partial charge is 0.357 e. The number of halogens is 2. The van der Waals surface area contributed by atoms with Crippen molar-refractivity contribution in [3.8, 4) is 0 Å². The summed E-state index contributed by atoms with van der Waals surface area (Å²) >= 11 is 4.98. The predicted octanol–water partition coefficient (Wildman–Crippen LogP) is 3.92. The number of rotatable bonds is 5. The Labute approximate surface area is 148 Å². The van der Waals surface area contributed by atoms with E-state index in [9.17, 15) is 4.39 Å². The summed E-state index contributed by atoms with van der Waals surface area (Å²) < 4.78 is 14.1. The van der Waals surface area contributed by atoms with Crippen LogP contribution in [0.3, 0.4) is 0 Å². The molecule has 0 spiro atoms. The first-order chi connectivity index (χ1) is 11.0. The molecule has 0 bridgehead atoms. The molecule has 0 aliphatic rings. The molecule has 23 heavy (non-hydrogen) atoms. The van der Waals surface area contributed by atoms with Crippen molar-refractivity contribution in [2.24, 2.45) is 4.99 Å². The van der Waals surface area contributed by atoms with E-state index in [-0.39, 0.29) is 5.82 Å². The van der Waals surface area contributed by atoms with Crippen LogP contribution in [0.5, 0.6) is 0 Å². The van der Waals surface area contributed by atoms with Crippen LogP contribution in [0.15, 0.2) is 27.7 Å². The number of hydrogen-bond donors (Lipinski definition) is 2. The number of aryl methyl sites for hydroxylation is 2. The van der Waals surface area contributed by atoms with Gasteiger partial charge in [-0.05, 0) is 44.5 Å². The number of nitrogens with zero attached hydrogens (tertiary/aromatic N) is 2. The zero-order valence-corrected chi connectivity index (χ0v) is 15.8. The highest BCUT2D eigenvalue weighted by molar-refractivity contribution is 9.10. The normalized spacial score (nSPS) is 11.6. The predicted molar refractivity (Wildman–Crippen MR) is 97.3 cm³/mol. The van der Waals surface area contributed by atoms with Crippen molar-refractivity contribution in [1.29, 1.82) is 0 Å². The Morgan fingerprint density at radius 2 is 2.09 bits per heavy atom. The van der Waals surface area contributed by atoms with Gasteiger partial charge in [-0.25, -0.2) is 14.4 Å². The standard InChI is InChI=1S/C16H20BrFN4S/c1-4-19-16(21-9-15-22-10(2)11(3)23-15)20-8-12-5-13(17)7-14(18)6-12/h5-7H,4,8-9H2,1-3H3,(H2,19,20,21). The third kappa shape index (κ3) is 5.58. The maximum atomic E-state index is 13.4. The summed E-state index contributed by atoms with van der Waals surface area (Å²) in [5, 5.41) is 7.47. The average Bonchev–Trinajstić information content (AvgIpc) is 2.80. The summed E-state index contributed by atoms with van der Waals surface area (Å²) in [5.41, 5.74) is 1.88. The molecule has 2 rings (SSSR count). The number of benzene rings is 1. The topological polar surface area (TPSA) is 49.3 Å². The van der Waals surface area contributed by atoms with Gasteiger partial charge in [0.25, 0.3) is 0 Å². The van der Waals surface area contributed by atoms with Gasteiger partial charge in [-0.15, -0.1) is 11.3 Å². The van der Waals surface area contributed by atoms with Gasteiger partial charge in [0.2, 0.25) is 0 Å². The van der Waals surface area contributed by atoms with E-state index in [1.54, 1.807) is 11.3 Å². The number of thiazole rings is 1. The highest BCUT2D eigenvalue weighted by atomic mass is 79.9. The van der Waals surface area contributed by atoms with Gasteiger partial charge in [-0.3, -0.25) is 0 Å². The molecule has 0 fully saturated rings. The lowest BCUT2D eigenvalue weighted by Crippen LogP contribution is -2.36. The minimum Gasteiger partial charge on any atom is -0.357 e. The summed E-state index contributed by atoms with van der Waals surface area (Å²) in [6.07, 6.45) is 0. The molecule has 0 aliphatic heterocycles. The van der Waals surface area contributed by atoms with E-state index in [1.807, 2.05) is 19.9 Å². The molecule has 1 aromatic heterocycles. The van der Waals surface area contributed by atoms with Crippen molar-refractivity contribution < 1.29 is 4.39 Å². The fraction of sp³-hybridized carbons (Fsp3) is 0.375. The highest BCUT2D eigenvalue weighted by Gasteiger charge is 2.05. The van der Waals surface area contributed by atoms with E-state index < -0.39 is 0 Å². The monoisotopic (exact) mass is 398 g/mol. The van der Waals surface area contributed by atoms with Crippen LogP contribution in [0.25, 0.3) is 0 Å². The van der Waals surface area contributed by atoms with Crippen molar-refractivity contribution in [3.05, 3.63) is 49.6 Å². The zero-order chi connectivity index (χ0) is 16.8. The molecule has 1 heterocycles. The molecule has 4 nitrogen and oxygen atoms in total. The van der Waals surface area contributed by atoms with E-state index in [2.05, 4.69) is 43.5 Å². The quantitative estimate of drug-likeness (QED) is 0.592. The maximum Gasteiger partial charge on any atom is 0.191 e. The van der Waals surface area contributed by atoms with Gasteiger partial charge >= 0.3 is 0 Å². The Hall–Kier alpha value is -1.47. The van der Waals surface area contributed by atoms with Crippen molar-refractivity contribution in [3.63, 3.8) is 0 Å². The van der Waals surface area contributed by atoms with Crippen LogP contribution in [0.2, 0.25) is 0 Å². The second kappa shape index (κ2) is 8.40. The second-order valence-corrected chi connectivity index (χ2v) is 7.28. The Kier molecular flexibility index (Phi) is 6.53. The van der Waals surface area contributed by atoms with Crippen molar-refractivity contribution in [1.82, 2.24) is 15.6 Å².